The summed E-state index contributed by atoms with van der Waals surface area (Å²) < 4.78 is 5.47. The molecule has 0 unspecified atom stereocenters. The zero-order valence-electron chi connectivity index (χ0n) is 12.0. The molecular formula is C15H23ClN2O. The van der Waals surface area contributed by atoms with E-state index in [2.05, 4.69) is 24.1 Å². The highest BCUT2D eigenvalue weighted by molar-refractivity contribution is 6.30. The van der Waals surface area contributed by atoms with Gasteiger partial charge in [0.05, 0.1) is 12.8 Å². The summed E-state index contributed by atoms with van der Waals surface area (Å²) in [6.45, 7) is 7.47. The molecule has 4 heteroatoms. The van der Waals surface area contributed by atoms with Gasteiger partial charge in [-0.2, -0.15) is 0 Å². The molecule has 1 N–H and O–H groups in total. The largest absolute Gasteiger partial charge is 0.495 e. The van der Waals surface area contributed by atoms with Gasteiger partial charge in [-0.3, -0.25) is 0 Å². The molecule has 1 aliphatic heterocycles. The summed E-state index contributed by atoms with van der Waals surface area (Å²) in [5.41, 5.74) is 1.30. The Morgan fingerprint density at radius 2 is 2.11 bits per heavy atom. The molecule has 1 aromatic carbocycles. The van der Waals surface area contributed by atoms with E-state index in [4.69, 9.17) is 16.3 Å². The number of methoxy groups -OCH3 is 1. The molecule has 0 aromatic heterocycles. The summed E-state index contributed by atoms with van der Waals surface area (Å²) in [7, 11) is 1.71. The monoisotopic (exact) mass is 282 g/mol. The molecule has 0 spiro atoms. The number of nitrogens with zero attached hydrogens (tertiary/aromatic N) is 1. The third-order valence-electron chi connectivity index (χ3n) is 4.21. The summed E-state index contributed by atoms with van der Waals surface area (Å²) >= 11 is 6.13. The number of hydrogen-bond acceptors (Lipinski definition) is 3. The maximum Gasteiger partial charge on any atom is 0.142 e. The SMILES string of the molecule is CCC1(CC)CN(c2cc(Cl)ccc2OC)CCN1. The Morgan fingerprint density at radius 1 is 1.37 bits per heavy atom. The second kappa shape index (κ2) is 6.02. The molecule has 0 atom stereocenters. The number of rotatable bonds is 4. The molecule has 19 heavy (non-hydrogen) atoms. The minimum atomic E-state index is 0.200. The zero-order valence-corrected chi connectivity index (χ0v) is 12.8. The van der Waals surface area contributed by atoms with E-state index < -0.39 is 0 Å². The van der Waals surface area contributed by atoms with E-state index in [1.165, 1.54) is 0 Å². The van der Waals surface area contributed by atoms with Crippen molar-refractivity contribution in [2.45, 2.75) is 32.2 Å². The summed E-state index contributed by atoms with van der Waals surface area (Å²) in [5.74, 6) is 0.896. The van der Waals surface area contributed by atoms with Crippen LogP contribution in [-0.4, -0.2) is 32.3 Å². The minimum absolute atomic E-state index is 0.200. The normalized spacial score (nSPS) is 18.4. The molecule has 0 amide bonds. The summed E-state index contributed by atoms with van der Waals surface area (Å²) in [6.07, 6.45) is 2.26. The number of nitrogens with one attached hydrogen (secondary N) is 1. The smallest absolute Gasteiger partial charge is 0.142 e. The van der Waals surface area contributed by atoms with E-state index in [0.29, 0.717) is 0 Å². The standard InChI is InChI=1S/C15H23ClN2O/c1-4-15(5-2)11-18(9-8-17-15)13-10-12(16)6-7-14(13)19-3/h6-7,10,17H,4-5,8-9,11H2,1-3H3. The van der Waals surface area contributed by atoms with Crippen LogP contribution >= 0.6 is 11.6 Å². The average molecular weight is 283 g/mol. The van der Waals surface area contributed by atoms with E-state index in [9.17, 15) is 0 Å². The van der Waals surface area contributed by atoms with Crippen molar-refractivity contribution in [2.24, 2.45) is 0 Å². The summed E-state index contributed by atoms with van der Waals surface area (Å²) in [4.78, 5) is 2.38. The first-order valence-corrected chi connectivity index (χ1v) is 7.35. The molecule has 106 valence electrons. The van der Waals surface area contributed by atoms with Gasteiger partial charge in [-0.05, 0) is 31.0 Å². The fourth-order valence-corrected chi connectivity index (χ4v) is 2.96. The van der Waals surface area contributed by atoms with Crippen LogP contribution in [0.4, 0.5) is 5.69 Å². The molecule has 1 saturated heterocycles. The number of benzene rings is 1. The fraction of sp³-hybridized carbons (Fsp3) is 0.600. The van der Waals surface area contributed by atoms with Gasteiger partial charge >= 0.3 is 0 Å². The lowest BCUT2D eigenvalue weighted by atomic mass is 9.90. The Bertz CT molecular complexity index is 432. The average Bonchev–Trinajstić information content (AvgIpc) is 2.47. The minimum Gasteiger partial charge on any atom is -0.495 e. The van der Waals surface area contributed by atoms with E-state index in [0.717, 1.165) is 48.9 Å². The maximum absolute atomic E-state index is 6.13. The lowest BCUT2D eigenvalue weighted by Gasteiger charge is -2.44. The molecule has 1 fully saturated rings. The van der Waals surface area contributed by atoms with Gasteiger partial charge < -0.3 is 15.0 Å². The van der Waals surface area contributed by atoms with Gasteiger partial charge in [-0.15, -0.1) is 0 Å². The molecule has 0 aliphatic carbocycles. The van der Waals surface area contributed by atoms with Crippen molar-refractivity contribution >= 4 is 17.3 Å². The van der Waals surface area contributed by atoms with E-state index in [1.54, 1.807) is 7.11 Å². The predicted molar refractivity (Wildman–Crippen MR) is 81.5 cm³/mol. The van der Waals surface area contributed by atoms with Gasteiger partial charge in [0.1, 0.15) is 5.75 Å². The van der Waals surface area contributed by atoms with Crippen LogP contribution in [0.15, 0.2) is 18.2 Å². The van der Waals surface area contributed by atoms with Gasteiger partial charge in [-0.25, -0.2) is 0 Å². The van der Waals surface area contributed by atoms with E-state index in [-0.39, 0.29) is 5.54 Å². The second-order valence-corrected chi connectivity index (χ2v) is 5.59. The van der Waals surface area contributed by atoms with Gasteiger partial charge in [-0.1, -0.05) is 25.4 Å². The Balaban J connectivity index is 2.28. The number of hydrogen-bond donors (Lipinski definition) is 1. The quantitative estimate of drug-likeness (QED) is 0.917. The number of halogens is 1. The van der Waals surface area contributed by atoms with Gasteiger partial charge in [0, 0.05) is 30.2 Å². The first kappa shape index (κ1) is 14.5. The third kappa shape index (κ3) is 2.98. The molecule has 1 aliphatic rings. The number of anilines is 1. The molecule has 1 heterocycles. The van der Waals surface area contributed by atoms with Crippen molar-refractivity contribution in [2.75, 3.05) is 31.6 Å². The maximum atomic E-state index is 6.13. The van der Waals surface area contributed by atoms with Crippen molar-refractivity contribution < 1.29 is 4.74 Å². The van der Waals surface area contributed by atoms with Crippen molar-refractivity contribution in [3.8, 4) is 5.75 Å². The fourth-order valence-electron chi connectivity index (χ4n) is 2.80. The Morgan fingerprint density at radius 3 is 2.74 bits per heavy atom. The van der Waals surface area contributed by atoms with Gasteiger partial charge in [0.25, 0.3) is 0 Å². The highest BCUT2D eigenvalue weighted by Crippen LogP contribution is 2.34. The lowest BCUT2D eigenvalue weighted by molar-refractivity contribution is 0.276. The van der Waals surface area contributed by atoms with E-state index >= 15 is 0 Å². The van der Waals surface area contributed by atoms with Crippen LogP contribution in [0.3, 0.4) is 0 Å². The van der Waals surface area contributed by atoms with Crippen molar-refractivity contribution in [1.82, 2.24) is 5.32 Å². The molecule has 1 aromatic rings. The number of ether oxygens (including phenoxy) is 1. The Kier molecular flexibility index (Phi) is 4.58. The molecular weight excluding hydrogens is 260 g/mol. The van der Waals surface area contributed by atoms with Gasteiger partial charge in [0.2, 0.25) is 0 Å². The van der Waals surface area contributed by atoms with Crippen LogP contribution in [0, 0.1) is 0 Å². The van der Waals surface area contributed by atoms with Crippen LogP contribution in [0.2, 0.25) is 5.02 Å². The van der Waals surface area contributed by atoms with Crippen molar-refractivity contribution in [3.05, 3.63) is 23.2 Å². The Hall–Kier alpha value is -0.930. The molecule has 0 saturated carbocycles. The topological polar surface area (TPSA) is 24.5 Å². The van der Waals surface area contributed by atoms with Crippen LogP contribution in [0.25, 0.3) is 0 Å². The van der Waals surface area contributed by atoms with Crippen molar-refractivity contribution in [3.63, 3.8) is 0 Å². The molecule has 0 radical (unpaired) electrons. The highest BCUT2D eigenvalue weighted by atomic mass is 35.5. The Labute approximate surface area is 120 Å². The summed E-state index contributed by atoms with van der Waals surface area (Å²) in [6, 6.07) is 5.82. The highest BCUT2D eigenvalue weighted by Gasteiger charge is 2.32. The van der Waals surface area contributed by atoms with Crippen LogP contribution in [0.5, 0.6) is 5.75 Å². The first-order valence-electron chi connectivity index (χ1n) is 6.97. The molecule has 2 rings (SSSR count). The third-order valence-corrected chi connectivity index (χ3v) is 4.45. The number of piperazine rings is 1. The van der Waals surface area contributed by atoms with Crippen LogP contribution < -0.4 is 15.0 Å². The second-order valence-electron chi connectivity index (χ2n) is 5.15. The molecule has 3 nitrogen and oxygen atoms in total. The van der Waals surface area contributed by atoms with E-state index in [1.807, 2.05) is 18.2 Å². The first-order chi connectivity index (χ1) is 9.14. The summed E-state index contributed by atoms with van der Waals surface area (Å²) in [5, 5.41) is 4.43. The predicted octanol–water partition coefficient (Wildman–Crippen LogP) is 3.32. The van der Waals surface area contributed by atoms with Crippen molar-refractivity contribution in [1.29, 1.82) is 0 Å². The van der Waals surface area contributed by atoms with Crippen LogP contribution in [-0.2, 0) is 0 Å². The van der Waals surface area contributed by atoms with Gasteiger partial charge in [0.15, 0.2) is 0 Å². The zero-order chi connectivity index (χ0) is 13.9. The molecule has 0 bridgehead atoms. The van der Waals surface area contributed by atoms with Crippen LogP contribution in [0.1, 0.15) is 26.7 Å². The lowest BCUT2D eigenvalue weighted by Crippen LogP contribution is -2.60.